The van der Waals surface area contributed by atoms with Gasteiger partial charge in [-0.05, 0) is 51.8 Å². The number of carbonyl (C=O) groups excluding carboxylic acids is 2. The van der Waals surface area contributed by atoms with E-state index in [1.807, 2.05) is 27.7 Å². The van der Waals surface area contributed by atoms with Crippen molar-refractivity contribution in [2.24, 2.45) is 0 Å². The molecule has 150 valence electrons. The van der Waals surface area contributed by atoms with Gasteiger partial charge in [-0.15, -0.1) is 0 Å². The molecule has 1 fully saturated rings. The van der Waals surface area contributed by atoms with E-state index in [-0.39, 0.29) is 23.9 Å². The molecule has 1 aliphatic heterocycles. The van der Waals surface area contributed by atoms with Gasteiger partial charge in [-0.3, -0.25) is 9.69 Å². The second-order valence-corrected chi connectivity index (χ2v) is 7.85. The first-order valence-corrected chi connectivity index (χ1v) is 9.40. The fourth-order valence-corrected chi connectivity index (χ4v) is 2.91. The molecule has 2 rings (SSSR count). The number of nitrogens with zero attached hydrogens (tertiary/aromatic N) is 2. The highest BCUT2D eigenvalue weighted by Crippen LogP contribution is 2.13. The summed E-state index contributed by atoms with van der Waals surface area (Å²) >= 11 is 0. The van der Waals surface area contributed by atoms with Crippen molar-refractivity contribution in [2.75, 3.05) is 32.7 Å². The zero-order chi connectivity index (χ0) is 20.0. The van der Waals surface area contributed by atoms with Crippen molar-refractivity contribution < 1.29 is 18.7 Å². The topological polar surface area (TPSA) is 61.9 Å². The summed E-state index contributed by atoms with van der Waals surface area (Å²) in [6, 6.07) is 6.02. The minimum absolute atomic E-state index is 0.0390. The van der Waals surface area contributed by atoms with Gasteiger partial charge in [-0.1, -0.05) is 12.1 Å². The fraction of sp³-hybridized carbons (Fsp3) is 0.600. The van der Waals surface area contributed by atoms with Gasteiger partial charge in [0.1, 0.15) is 11.4 Å². The first-order chi connectivity index (χ1) is 12.7. The van der Waals surface area contributed by atoms with Gasteiger partial charge >= 0.3 is 6.09 Å². The number of hydrogen-bond acceptors (Lipinski definition) is 4. The fourth-order valence-electron chi connectivity index (χ4n) is 2.91. The lowest BCUT2D eigenvalue weighted by molar-refractivity contribution is -0.126. The third-order valence-corrected chi connectivity index (χ3v) is 4.52. The lowest BCUT2D eigenvalue weighted by Crippen LogP contribution is -2.55. The zero-order valence-corrected chi connectivity index (χ0v) is 16.6. The van der Waals surface area contributed by atoms with Gasteiger partial charge in [0.25, 0.3) is 0 Å². The highest BCUT2D eigenvalue weighted by molar-refractivity contribution is 5.81. The van der Waals surface area contributed by atoms with Crippen LogP contribution in [0.25, 0.3) is 0 Å². The summed E-state index contributed by atoms with van der Waals surface area (Å²) in [6.45, 7) is 10.3. The Kier molecular flexibility index (Phi) is 7.18. The normalized spacial score (nSPS) is 16.7. The second kappa shape index (κ2) is 9.17. The van der Waals surface area contributed by atoms with E-state index < -0.39 is 5.60 Å². The van der Waals surface area contributed by atoms with Crippen LogP contribution in [0.3, 0.4) is 0 Å². The summed E-state index contributed by atoms with van der Waals surface area (Å²) in [5.74, 6) is -0.301. The molecule has 7 heteroatoms. The monoisotopic (exact) mass is 379 g/mol. The molecule has 0 spiro atoms. The van der Waals surface area contributed by atoms with E-state index in [0.29, 0.717) is 39.1 Å². The van der Waals surface area contributed by atoms with Gasteiger partial charge < -0.3 is 15.0 Å². The highest BCUT2D eigenvalue weighted by atomic mass is 19.1. The molecule has 2 amide bonds. The highest BCUT2D eigenvalue weighted by Gasteiger charge is 2.29. The van der Waals surface area contributed by atoms with Crippen LogP contribution in [-0.4, -0.2) is 66.2 Å². The number of hydrogen-bond donors (Lipinski definition) is 1. The number of piperazine rings is 1. The molecule has 1 unspecified atom stereocenters. The maximum absolute atomic E-state index is 12.9. The minimum Gasteiger partial charge on any atom is -0.444 e. The molecule has 0 radical (unpaired) electrons. The molecular formula is C20H30FN3O3. The van der Waals surface area contributed by atoms with E-state index in [9.17, 15) is 14.0 Å². The van der Waals surface area contributed by atoms with Crippen LogP contribution in [0.4, 0.5) is 9.18 Å². The summed E-state index contributed by atoms with van der Waals surface area (Å²) in [7, 11) is 0. The second-order valence-electron chi connectivity index (χ2n) is 7.85. The third kappa shape index (κ3) is 6.82. The summed E-state index contributed by atoms with van der Waals surface area (Å²) in [5.41, 5.74) is 0.474. The Hall–Kier alpha value is -2.15. The zero-order valence-electron chi connectivity index (χ0n) is 16.6. The molecule has 6 nitrogen and oxygen atoms in total. The van der Waals surface area contributed by atoms with Gasteiger partial charge in [-0.25, -0.2) is 9.18 Å². The number of ether oxygens (including phenoxy) is 1. The Bertz CT molecular complexity index is 635. The molecule has 1 aromatic rings. The van der Waals surface area contributed by atoms with Gasteiger partial charge in [-0.2, -0.15) is 0 Å². The number of benzene rings is 1. The van der Waals surface area contributed by atoms with Crippen molar-refractivity contribution in [1.29, 1.82) is 0 Å². The number of amides is 2. The SMILES string of the molecule is CC(C(=O)NCCc1ccc(F)cc1)N1CCN(C(=O)OC(C)(C)C)CC1. The number of rotatable bonds is 5. The minimum atomic E-state index is -0.508. The van der Waals surface area contributed by atoms with Crippen molar-refractivity contribution in [3.8, 4) is 0 Å². The molecule has 0 aromatic heterocycles. The summed E-state index contributed by atoms with van der Waals surface area (Å²) in [6.07, 6.45) is 0.351. The molecule has 1 atom stereocenters. The Morgan fingerprint density at radius 2 is 1.74 bits per heavy atom. The van der Waals surface area contributed by atoms with Crippen LogP contribution in [0.5, 0.6) is 0 Å². The van der Waals surface area contributed by atoms with Crippen LogP contribution < -0.4 is 5.32 Å². The summed E-state index contributed by atoms with van der Waals surface area (Å²) < 4.78 is 18.3. The Morgan fingerprint density at radius 3 is 2.30 bits per heavy atom. The van der Waals surface area contributed by atoms with Crippen LogP contribution in [0.15, 0.2) is 24.3 Å². The van der Waals surface area contributed by atoms with Gasteiger partial charge in [0.05, 0.1) is 6.04 Å². The standard InChI is InChI=1S/C20H30FN3O3/c1-15(18(25)22-10-9-16-5-7-17(21)8-6-16)23-11-13-24(14-12-23)19(26)27-20(2,3)4/h5-8,15H,9-14H2,1-4H3,(H,22,25). The Labute approximate surface area is 160 Å². The average Bonchev–Trinajstić information content (AvgIpc) is 2.61. The number of halogens is 1. The largest absolute Gasteiger partial charge is 0.444 e. The van der Waals surface area contributed by atoms with E-state index in [2.05, 4.69) is 10.2 Å². The molecule has 1 aromatic carbocycles. The Morgan fingerprint density at radius 1 is 1.15 bits per heavy atom. The van der Waals surface area contributed by atoms with Crippen molar-refractivity contribution in [1.82, 2.24) is 15.1 Å². The van der Waals surface area contributed by atoms with Crippen LogP contribution in [0, 0.1) is 5.82 Å². The molecule has 0 aliphatic carbocycles. The maximum Gasteiger partial charge on any atom is 0.410 e. The number of nitrogens with one attached hydrogen (secondary N) is 1. The molecule has 0 saturated carbocycles. The lowest BCUT2D eigenvalue weighted by atomic mass is 10.1. The van der Waals surface area contributed by atoms with Gasteiger partial charge in [0, 0.05) is 32.7 Å². The summed E-state index contributed by atoms with van der Waals surface area (Å²) in [4.78, 5) is 28.2. The first-order valence-electron chi connectivity index (χ1n) is 9.40. The molecule has 1 N–H and O–H groups in total. The van der Waals surface area contributed by atoms with Gasteiger partial charge in [0.2, 0.25) is 5.91 Å². The predicted octanol–water partition coefficient (Wildman–Crippen LogP) is 2.43. The molecule has 1 aliphatic rings. The molecule has 27 heavy (non-hydrogen) atoms. The smallest absolute Gasteiger partial charge is 0.410 e. The van der Waals surface area contributed by atoms with Crippen molar-refractivity contribution in [2.45, 2.75) is 45.8 Å². The molecule has 0 bridgehead atoms. The molecule has 1 heterocycles. The Balaban J connectivity index is 1.72. The summed E-state index contributed by atoms with van der Waals surface area (Å²) in [5, 5.41) is 2.93. The molecular weight excluding hydrogens is 349 g/mol. The van der Waals surface area contributed by atoms with Crippen LogP contribution in [0.2, 0.25) is 0 Å². The van der Waals surface area contributed by atoms with Crippen LogP contribution >= 0.6 is 0 Å². The van der Waals surface area contributed by atoms with Crippen LogP contribution in [-0.2, 0) is 16.0 Å². The van der Waals surface area contributed by atoms with Crippen molar-refractivity contribution >= 4 is 12.0 Å². The van der Waals surface area contributed by atoms with Crippen molar-refractivity contribution in [3.05, 3.63) is 35.6 Å². The van der Waals surface area contributed by atoms with Crippen LogP contribution in [0.1, 0.15) is 33.3 Å². The molecule has 1 saturated heterocycles. The predicted molar refractivity (Wildman–Crippen MR) is 102 cm³/mol. The van der Waals surface area contributed by atoms with E-state index in [0.717, 1.165) is 5.56 Å². The average molecular weight is 379 g/mol. The van der Waals surface area contributed by atoms with Crippen molar-refractivity contribution in [3.63, 3.8) is 0 Å². The quantitative estimate of drug-likeness (QED) is 0.854. The lowest BCUT2D eigenvalue weighted by Gasteiger charge is -2.37. The van der Waals surface area contributed by atoms with E-state index in [4.69, 9.17) is 4.74 Å². The van der Waals surface area contributed by atoms with E-state index in [1.165, 1.54) is 12.1 Å². The number of carbonyl (C=O) groups is 2. The van der Waals surface area contributed by atoms with E-state index in [1.54, 1.807) is 17.0 Å². The van der Waals surface area contributed by atoms with Gasteiger partial charge in [0.15, 0.2) is 0 Å². The third-order valence-electron chi connectivity index (χ3n) is 4.52. The first kappa shape index (κ1) is 21.2. The van der Waals surface area contributed by atoms with E-state index >= 15 is 0 Å². The maximum atomic E-state index is 12.9.